The monoisotopic (exact) mass is 674 g/mol. The number of nitrogen functional groups attached to an aromatic ring is 4. The molecule has 0 saturated heterocycles. The van der Waals surface area contributed by atoms with Crippen molar-refractivity contribution in [1.29, 1.82) is 0 Å². The molecule has 4 aromatic heterocycles. The van der Waals surface area contributed by atoms with E-state index >= 15 is 0 Å². The third-order valence-corrected chi connectivity index (χ3v) is 7.59. The van der Waals surface area contributed by atoms with Crippen LogP contribution in [0.5, 0.6) is 34.8 Å². The van der Waals surface area contributed by atoms with Gasteiger partial charge in [-0.1, -0.05) is 35.1 Å². The minimum atomic E-state index is -1.29. The molecule has 0 aromatic carbocycles. The van der Waals surface area contributed by atoms with Gasteiger partial charge in [-0.05, 0) is 18.1 Å². The van der Waals surface area contributed by atoms with Gasteiger partial charge in [0.15, 0.2) is 34.6 Å². The number of rotatable bonds is 10. The van der Waals surface area contributed by atoms with Crippen LogP contribution in [0.2, 0.25) is 0 Å². The van der Waals surface area contributed by atoms with Gasteiger partial charge in [-0.3, -0.25) is 4.21 Å². The summed E-state index contributed by atoms with van der Waals surface area (Å²) in [6.45, 7) is 7.96. The molecule has 0 aliphatic carbocycles. The number of nitrogens with two attached hydrogens (primary N) is 4. The standard InChI is InChI=1S/C14H19N5O3S.C14H19N5O2S.CH4/c1-7(2)11-8(5-10(23(4)20)13(18-11)21-3)22-9-6-17-14(16)19-12(9)15;1-7(2)11-8(5-10(22-4)13(18-11)20-3)21-9-6-17-14(16)19-12(9)15;/h5-7H,1-4H3,(H4,15,16,17,19);5-7H,1-4H3,(H4,15,16,17,19);1H4. The molecule has 1 atom stereocenters. The van der Waals surface area contributed by atoms with E-state index in [-0.39, 0.29) is 48.5 Å². The highest BCUT2D eigenvalue weighted by molar-refractivity contribution is 7.98. The van der Waals surface area contributed by atoms with Crippen LogP contribution in [0.15, 0.2) is 34.3 Å². The fourth-order valence-corrected chi connectivity index (χ4v) is 4.95. The van der Waals surface area contributed by atoms with E-state index in [1.165, 1.54) is 31.3 Å². The Labute approximate surface area is 275 Å². The summed E-state index contributed by atoms with van der Waals surface area (Å²) in [6, 6.07) is 3.51. The molecule has 0 spiro atoms. The van der Waals surface area contributed by atoms with Crippen LogP contribution in [0.4, 0.5) is 23.5 Å². The van der Waals surface area contributed by atoms with Crippen molar-refractivity contribution in [3.05, 3.63) is 35.9 Å². The summed E-state index contributed by atoms with van der Waals surface area (Å²) >= 11 is 1.52. The number of methoxy groups -OCH3 is 2. The fourth-order valence-electron chi connectivity index (χ4n) is 3.77. The van der Waals surface area contributed by atoms with E-state index in [4.69, 9.17) is 41.9 Å². The molecule has 1 unspecified atom stereocenters. The zero-order valence-electron chi connectivity index (χ0n) is 26.3. The van der Waals surface area contributed by atoms with Gasteiger partial charge >= 0.3 is 0 Å². The second kappa shape index (κ2) is 16.6. The minimum absolute atomic E-state index is 0. The lowest BCUT2D eigenvalue weighted by Crippen LogP contribution is -2.06. The van der Waals surface area contributed by atoms with E-state index in [0.717, 1.165) is 10.6 Å². The molecule has 0 saturated carbocycles. The lowest BCUT2D eigenvalue weighted by molar-refractivity contribution is 0.378. The number of aromatic nitrogens is 6. The van der Waals surface area contributed by atoms with Gasteiger partial charge in [0.1, 0.15) is 4.90 Å². The molecule has 4 heterocycles. The zero-order valence-corrected chi connectivity index (χ0v) is 27.9. The Morgan fingerprint density at radius 3 is 1.52 bits per heavy atom. The lowest BCUT2D eigenvalue weighted by Gasteiger charge is -2.16. The Morgan fingerprint density at radius 1 is 0.717 bits per heavy atom. The van der Waals surface area contributed by atoms with E-state index in [1.807, 2.05) is 40.0 Å². The third-order valence-electron chi connectivity index (χ3n) is 5.95. The fraction of sp³-hybridized carbons (Fsp3) is 0.379. The van der Waals surface area contributed by atoms with E-state index in [2.05, 4.69) is 29.9 Å². The quantitative estimate of drug-likeness (QED) is 0.162. The first-order valence-corrected chi connectivity index (χ1v) is 16.2. The number of nitrogens with zero attached hydrogens (tertiary/aromatic N) is 6. The second-order valence-electron chi connectivity index (χ2n) is 9.89. The normalized spacial score (nSPS) is 11.3. The number of hydrogen-bond donors (Lipinski definition) is 4. The molecule has 17 heteroatoms. The molecule has 4 rings (SSSR count). The summed E-state index contributed by atoms with van der Waals surface area (Å²) < 4.78 is 34.1. The van der Waals surface area contributed by atoms with Crippen molar-refractivity contribution in [2.75, 3.05) is 49.7 Å². The molecule has 46 heavy (non-hydrogen) atoms. The Bertz CT molecular complexity index is 1670. The Kier molecular flexibility index (Phi) is 13.6. The maximum atomic E-state index is 11.9. The highest BCUT2D eigenvalue weighted by Gasteiger charge is 2.20. The van der Waals surface area contributed by atoms with Crippen LogP contribution in [-0.4, -0.2) is 60.8 Å². The van der Waals surface area contributed by atoms with Crippen LogP contribution in [0, 0.1) is 0 Å². The molecule has 0 radical (unpaired) electrons. The predicted octanol–water partition coefficient (Wildman–Crippen LogP) is 5.02. The van der Waals surface area contributed by atoms with Crippen LogP contribution >= 0.6 is 11.8 Å². The van der Waals surface area contributed by atoms with Gasteiger partial charge in [0, 0.05) is 18.4 Å². The maximum absolute atomic E-state index is 11.9. The van der Waals surface area contributed by atoms with Gasteiger partial charge in [0.25, 0.3) is 0 Å². The number of anilines is 4. The van der Waals surface area contributed by atoms with Crippen molar-refractivity contribution in [3.63, 3.8) is 0 Å². The Morgan fingerprint density at radius 2 is 1.15 bits per heavy atom. The van der Waals surface area contributed by atoms with Gasteiger partial charge in [0.2, 0.25) is 23.7 Å². The largest absolute Gasteiger partial charge is 0.480 e. The van der Waals surface area contributed by atoms with Crippen LogP contribution in [0.3, 0.4) is 0 Å². The number of pyridine rings is 2. The molecule has 0 fully saturated rings. The zero-order chi connectivity index (χ0) is 33.4. The van der Waals surface area contributed by atoms with E-state index in [1.54, 1.807) is 19.4 Å². The number of ether oxygens (including phenoxy) is 4. The van der Waals surface area contributed by atoms with E-state index in [0.29, 0.717) is 39.6 Å². The molecule has 0 aliphatic rings. The van der Waals surface area contributed by atoms with Crippen LogP contribution in [0.25, 0.3) is 0 Å². The first-order chi connectivity index (χ1) is 21.3. The molecule has 0 bridgehead atoms. The van der Waals surface area contributed by atoms with Crippen LogP contribution in [-0.2, 0) is 10.8 Å². The summed E-state index contributed by atoms with van der Waals surface area (Å²) in [5.74, 6) is 3.15. The van der Waals surface area contributed by atoms with Crippen molar-refractivity contribution < 1.29 is 23.2 Å². The van der Waals surface area contributed by atoms with Crippen molar-refractivity contribution in [2.45, 2.75) is 56.7 Å². The van der Waals surface area contributed by atoms with E-state index < -0.39 is 10.8 Å². The molecule has 15 nitrogen and oxygen atoms in total. The summed E-state index contributed by atoms with van der Waals surface area (Å²) in [4.78, 5) is 25.7. The van der Waals surface area contributed by atoms with Gasteiger partial charge in [-0.15, -0.1) is 11.8 Å². The average Bonchev–Trinajstić information content (AvgIpc) is 2.99. The predicted molar refractivity (Wildman–Crippen MR) is 182 cm³/mol. The van der Waals surface area contributed by atoms with Gasteiger partial charge in [0.05, 0.1) is 53.7 Å². The van der Waals surface area contributed by atoms with Crippen LogP contribution < -0.4 is 41.9 Å². The molecule has 250 valence electrons. The molecule has 0 amide bonds. The van der Waals surface area contributed by atoms with Crippen molar-refractivity contribution in [2.24, 2.45) is 0 Å². The van der Waals surface area contributed by atoms with Crippen molar-refractivity contribution in [3.8, 4) is 34.8 Å². The van der Waals surface area contributed by atoms with Crippen LogP contribution in [0.1, 0.15) is 58.3 Å². The third kappa shape index (κ3) is 9.20. The summed E-state index contributed by atoms with van der Waals surface area (Å²) in [6.07, 6.45) is 6.32. The summed E-state index contributed by atoms with van der Waals surface area (Å²) in [5, 5.41) is 0. The van der Waals surface area contributed by atoms with Gasteiger partial charge < -0.3 is 41.9 Å². The van der Waals surface area contributed by atoms with Gasteiger partial charge in [-0.2, -0.15) is 9.97 Å². The average molecular weight is 675 g/mol. The lowest BCUT2D eigenvalue weighted by atomic mass is 10.1. The van der Waals surface area contributed by atoms with Crippen molar-refractivity contribution >= 4 is 46.1 Å². The SMILES string of the molecule is C.COc1nc(C(C)C)c(Oc2cnc(N)nc2N)cc1S(C)=O.COc1nc(C(C)C)c(Oc2cnc(N)nc2N)cc1SC. The first kappa shape index (κ1) is 37.5. The summed E-state index contributed by atoms with van der Waals surface area (Å²) in [5.41, 5.74) is 24.0. The number of thioether (sulfide) groups is 1. The summed E-state index contributed by atoms with van der Waals surface area (Å²) in [7, 11) is 1.79. The smallest absolute Gasteiger partial charge is 0.230 e. The maximum Gasteiger partial charge on any atom is 0.230 e. The van der Waals surface area contributed by atoms with E-state index in [9.17, 15) is 4.21 Å². The minimum Gasteiger partial charge on any atom is -0.480 e. The van der Waals surface area contributed by atoms with Gasteiger partial charge in [-0.25, -0.2) is 19.9 Å². The molecule has 4 aromatic rings. The number of hydrogen-bond acceptors (Lipinski definition) is 16. The second-order valence-corrected chi connectivity index (χ2v) is 12.1. The van der Waals surface area contributed by atoms with Crippen molar-refractivity contribution in [1.82, 2.24) is 29.9 Å². The molecule has 8 N–H and O–H groups in total. The topological polar surface area (TPSA) is 235 Å². The Balaban J connectivity index is 0.000000314. The highest BCUT2D eigenvalue weighted by Crippen LogP contribution is 2.38. The molecule has 0 aliphatic heterocycles. The Hall–Kier alpha value is -4.64. The molecular formula is C29H42N10O5S2. The molecular weight excluding hydrogens is 633 g/mol. The first-order valence-electron chi connectivity index (χ1n) is 13.5. The highest BCUT2D eigenvalue weighted by atomic mass is 32.2.